The van der Waals surface area contributed by atoms with Crippen molar-refractivity contribution in [2.45, 2.75) is 114 Å². The van der Waals surface area contributed by atoms with Crippen LogP contribution in [0.1, 0.15) is 51.5 Å². The number of hydrogen-bond donors (Lipinski definition) is 6. The number of benzene rings is 1. The molecule has 2 saturated heterocycles. The fourth-order valence-electron chi connectivity index (χ4n) is 6.77. The first-order valence-electron chi connectivity index (χ1n) is 16.4. The Bertz CT molecular complexity index is 1460. The number of hydrogen-bond acceptors (Lipinski definition) is 13. The molecule has 0 radical (unpaired) electrons. The Morgan fingerprint density at radius 2 is 1.48 bits per heavy atom. The molecule has 5 rings (SSSR count). The van der Waals surface area contributed by atoms with Gasteiger partial charge in [0.15, 0.2) is 6.29 Å². The molecule has 266 valence electrons. The Labute approximate surface area is 277 Å². The summed E-state index contributed by atoms with van der Waals surface area (Å²) < 4.78 is 35.6. The van der Waals surface area contributed by atoms with Crippen LogP contribution in [0.2, 0.25) is 0 Å². The maximum atomic E-state index is 12.2. The molecular formula is C33H46N2O13. The van der Waals surface area contributed by atoms with E-state index in [1.54, 1.807) is 19.1 Å². The van der Waals surface area contributed by atoms with Crippen LogP contribution < -0.4 is 21.0 Å². The van der Waals surface area contributed by atoms with Crippen molar-refractivity contribution in [3.8, 4) is 5.75 Å². The molecule has 15 heteroatoms. The maximum absolute atomic E-state index is 12.2. The van der Waals surface area contributed by atoms with Crippen LogP contribution >= 0.6 is 0 Å². The lowest BCUT2D eigenvalue weighted by Crippen LogP contribution is -2.69. The Kier molecular flexibility index (Phi) is 12.1. The molecule has 1 aromatic heterocycles. The van der Waals surface area contributed by atoms with Gasteiger partial charge in [0, 0.05) is 31.4 Å². The van der Waals surface area contributed by atoms with E-state index in [-0.39, 0.29) is 11.3 Å². The number of carbonyl (C=O) groups excluding carboxylic acids is 2. The molecule has 2 aromatic rings. The van der Waals surface area contributed by atoms with Gasteiger partial charge in [-0.1, -0.05) is 19.3 Å². The SMILES string of the molecule is CC(=O)N[C@H]1[C@H](O[C@H]2[C@H](O)[C@@H](NC(C)=O)[C@H](Oc3ccc4c(C)cc(=O)oc4c3)O[C@@H]2CO)O[C@H](CO)[C@@H](OCC2CCCCC2)[C@@H]1O. The zero-order valence-electron chi connectivity index (χ0n) is 27.3. The zero-order chi connectivity index (χ0) is 34.5. The molecule has 1 aliphatic carbocycles. The molecular weight excluding hydrogens is 632 g/mol. The van der Waals surface area contributed by atoms with Crippen molar-refractivity contribution in [2.75, 3.05) is 19.8 Å². The minimum Gasteiger partial charge on any atom is -0.462 e. The Morgan fingerprint density at radius 1 is 0.875 bits per heavy atom. The molecule has 10 atom stereocenters. The van der Waals surface area contributed by atoms with Crippen LogP contribution in [0.4, 0.5) is 0 Å². The number of aliphatic hydroxyl groups excluding tert-OH is 4. The van der Waals surface area contributed by atoms with Crippen molar-refractivity contribution in [1.29, 1.82) is 0 Å². The van der Waals surface area contributed by atoms with E-state index in [1.807, 2.05) is 0 Å². The van der Waals surface area contributed by atoms with Crippen molar-refractivity contribution in [3.05, 3.63) is 40.2 Å². The first-order valence-corrected chi connectivity index (χ1v) is 16.4. The minimum absolute atomic E-state index is 0.189. The molecule has 0 bridgehead atoms. The summed E-state index contributed by atoms with van der Waals surface area (Å²) >= 11 is 0. The number of amides is 2. The van der Waals surface area contributed by atoms with Crippen molar-refractivity contribution < 1.29 is 58.1 Å². The van der Waals surface area contributed by atoms with E-state index in [0.717, 1.165) is 25.7 Å². The lowest BCUT2D eigenvalue weighted by Gasteiger charge is -2.48. The average Bonchev–Trinajstić information content (AvgIpc) is 3.04. The third-order valence-corrected chi connectivity index (χ3v) is 9.16. The molecule has 2 amide bonds. The average molecular weight is 679 g/mol. The van der Waals surface area contributed by atoms with Crippen LogP contribution in [0, 0.1) is 12.8 Å². The quantitative estimate of drug-likeness (QED) is 0.173. The normalized spacial score (nSPS) is 32.9. The Balaban J connectivity index is 1.36. The van der Waals surface area contributed by atoms with Crippen molar-refractivity contribution in [2.24, 2.45) is 5.92 Å². The lowest BCUT2D eigenvalue weighted by molar-refractivity contribution is -0.328. The zero-order valence-corrected chi connectivity index (χ0v) is 27.3. The summed E-state index contributed by atoms with van der Waals surface area (Å²) in [6, 6.07) is 3.67. The van der Waals surface area contributed by atoms with Crippen LogP contribution in [-0.4, -0.2) is 113 Å². The topological polar surface area (TPSA) is 215 Å². The number of nitrogens with one attached hydrogen (secondary N) is 2. The number of aliphatic hydroxyl groups is 4. The summed E-state index contributed by atoms with van der Waals surface area (Å²) in [4.78, 5) is 36.4. The molecule has 0 spiro atoms. The molecule has 15 nitrogen and oxygen atoms in total. The Morgan fingerprint density at radius 3 is 2.12 bits per heavy atom. The summed E-state index contributed by atoms with van der Waals surface area (Å²) in [7, 11) is 0. The Hall–Kier alpha value is -3.15. The second-order valence-corrected chi connectivity index (χ2v) is 12.8. The second-order valence-electron chi connectivity index (χ2n) is 12.8. The predicted octanol–water partition coefficient (Wildman–Crippen LogP) is -0.00348. The van der Waals surface area contributed by atoms with E-state index in [2.05, 4.69) is 10.6 Å². The highest BCUT2D eigenvalue weighted by Gasteiger charge is 2.52. The van der Waals surface area contributed by atoms with Gasteiger partial charge in [0.1, 0.15) is 60.0 Å². The van der Waals surface area contributed by atoms with Crippen LogP contribution in [0.15, 0.2) is 33.5 Å². The van der Waals surface area contributed by atoms with Crippen LogP contribution in [0.3, 0.4) is 0 Å². The number of fused-ring (bicyclic) bond motifs is 1. The molecule has 1 saturated carbocycles. The van der Waals surface area contributed by atoms with E-state index in [0.29, 0.717) is 23.5 Å². The van der Waals surface area contributed by atoms with Crippen molar-refractivity contribution in [1.82, 2.24) is 10.6 Å². The fraction of sp³-hybridized carbons (Fsp3) is 0.667. The van der Waals surface area contributed by atoms with Crippen molar-refractivity contribution in [3.63, 3.8) is 0 Å². The van der Waals surface area contributed by atoms with Gasteiger partial charge in [-0.25, -0.2) is 4.79 Å². The molecule has 3 aliphatic rings. The van der Waals surface area contributed by atoms with Gasteiger partial charge in [-0.3, -0.25) is 9.59 Å². The van der Waals surface area contributed by atoms with Gasteiger partial charge in [0.25, 0.3) is 0 Å². The number of ether oxygens (including phenoxy) is 5. The molecule has 1 aromatic carbocycles. The molecule has 0 unspecified atom stereocenters. The van der Waals surface area contributed by atoms with Crippen LogP contribution in [0.5, 0.6) is 5.75 Å². The third-order valence-electron chi connectivity index (χ3n) is 9.16. The highest BCUT2D eigenvalue weighted by molar-refractivity contribution is 5.81. The van der Waals surface area contributed by atoms with Gasteiger partial charge < -0.3 is 59.2 Å². The summed E-state index contributed by atoms with van der Waals surface area (Å²) in [6.45, 7) is 3.39. The first kappa shape index (κ1) is 36.1. The maximum Gasteiger partial charge on any atom is 0.336 e. The highest BCUT2D eigenvalue weighted by Crippen LogP contribution is 2.33. The van der Waals surface area contributed by atoms with Gasteiger partial charge in [0.05, 0.1) is 19.8 Å². The molecule has 3 fully saturated rings. The van der Waals surface area contributed by atoms with Gasteiger partial charge in [0.2, 0.25) is 18.1 Å². The number of carbonyl (C=O) groups is 2. The minimum atomic E-state index is -1.57. The van der Waals surface area contributed by atoms with E-state index in [1.165, 1.54) is 32.4 Å². The largest absolute Gasteiger partial charge is 0.462 e. The smallest absolute Gasteiger partial charge is 0.336 e. The van der Waals surface area contributed by atoms with Gasteiger partial charge >= 0.3 is 5.63 Å². The summed E-state index contributed by atoms with van der Waals surface area (Å²) in [6.07, 6.45) is -5.06. The van der Waals surface area contributed by atoms with E-state index in [9.17, 15) is 34.8 Å². The van der Waals surface area contributed by atoms with E-state index in [4.69, 9.17) is 28.1 Å². The van der Waals surface area contributed by atoms with Crippen LogP contribution in [0.25, 0.3) is 11.0 Å². The predicted molar refractivity (Wildman–Crippen MR) is 168 cm³/mol. The standard InChI is InChI=1S/C33H46N2O13/c1-16-11-25(40)45-22-12-20(9-10-21(16)22)44-32-27(35-18(3)39)29(42)31(24(14-37)47-32)48-33-26(34-17(2)38)28(41)30(23(13-36)46-33)43-15-19-7-5-4-6-8-19/h9-12,19,23-24,26-33,36-37,41-42H,4-8,13-15H2,1-3H3,(H,34,38)(H,35,39)/t23-,24-,26-,27-,28-,29-,30-,31-,32-,33+/m1/s1. The fourth-order valence-corrected chi connectivity index (χ4v) is 6.77. The third kappa shape index (κ3) is 8.34. The van der Waals surface area contributed by atoms with E-state index >= 15 is 0 Å². The highest BCUT2D eigenvalue weighted by atomic mass is 16.7. The van der Waals surface area contributed by atoms with Gasteiger partial charge in [-0.2, -0.15) is 0 Å². The summed E-state index contributed by atoms with van der Waals surface area (Å²) in [5.74, 6) is -0.544. The first-order chi connectivity index (χ1) is 23.0. The molecule has 6 N–H and O–H groups in total. The second kappa shape index (κ2) is 16.0. The van der Waals surface area contributed by atoms with Crippen molar-refractivity contribution >= 4 is 22.8 Å². The number of rotatable bonds is 11. The van der Waals surface area contributed by atoms with Gasteiger partial charge in [-0.15, -0.1) is 0 Å². The number of aryl methyl sites for hydroxylation is 1. The monoisotopic (exact) mass is 678 g/mol. The lowest BCUT2D eigenvalue weighted by atomic mass is 9.89. The molecule has 48 heavy (non-hydrogen) atoms. The van der Waals surface area contributed by atoms with Gasteiger partial charge in [-0.05, 0) is 43.4 Å². The molecule has 2 aliphatic heterocycles. The summed E-state index contributed by atoms with van der Waals surface area (Å²) in [5, 5.41) is 49.5. The molecule has 3 heterocycles. The van der Waals surface area contributed by atoms with Crippen LogP contribution in [-0.2, 0) is 28.5 Å². The summed E-state index contributed by atoms with van der Waals surface area (Å²) in [5.41, 5.74) is 0.407. The van der Waals surface area contributed by atoms with E-state index < -0.39 is 91.9 Å².